The number of ether oxygens (including phenoxy) is 2. The fourth-order valence-electron chi connectivity index (χ4n) is 2.36. The summed E-state index contributed by atoms with van der Waals surface area (Å²) in [4.78, 5) is 0. The van der Waals surface area contributed by atoms with Gasteiger partial charge in [-0.25, -0.2) is 5.43 Å². The van der Waals surface area contributed by atoms with Crippen molar-refractivity contribution in [3.63, 3.8) is 0 Å². The molecule has 0 fully saturated rings. The maximum Gasteiger partial charge on any atom is 0.127 e. The standard InChI is InChI=1S/C16H19ClN2O2/c1-10-7-8-11(12(17)9-10)16(19-18)15-13(20-2)5-4-6-14(15)21-3/h4-9,16,19H,18H2,1-3H3. The molecule has 0 saturated heterocycles. The molecule has 3 N–H and O–H groups in total. The zero-order chi connectivity index (χ0) is 15.4. The molecule has 2 aromatic rings. The molecule has 0 saturated carbocycles. The number of aryl methyl sites for hydroxylation is 1. The quantitative estimate of drug-likeness (QED) is 0.658. The highest BCUT2D eigenvalue weighted by atomic mass is 35.5. The summed E-state index contributed by atoms with van der Waals surface area (Å²) >= 11 is 6.37. The molecule has 0 aliphatic rings. The van der Waals surface area contributed by atoms with Gasteiger partial charge in [-0.05, 0) is 36.2 Å². The van der Waals surface area contributed by atoms with Gasteiger partial charge in [-0.1, -0.05) is 29.8 Å². The second-order valence-corrected chi connectivity index (χ2v) is 5.11. The summed E-state index contributed by atoms with van der Waals surface area (Å²) in [6.45, 7) is 1.99. The van der Waals surface area contributed by atoms with Crippen LogP contribution in [0.4, 0.5) is 0 Å². The third kappa shape index (κ3) is 3.13. The molecule has 0 bridgehead atoms. The molecule has 0 aromatic heterocycles. The zero-order valence-electron chi connectivity index (χ0n) is 12.3. The number of nitrogens with two attached hydrogens (primary N) is 1. The van der Waals surface area contributed by atoms with E-state index in [0.717, 1.165) is 16.7 Å². The summed E-state index contributed by atoms with van der Waals surface area (Å²) in [5, 5.41) is 0.644. The third-order valence-electron chi connectivity index (χ3n) is 3.39. The lowest BCUT2D eigenvalue weighted by Crippen LogP contribution is -2.29. The topological polar surface area (TPSA) is 56.5 Å². The Morgan fingerprint density at radius 2 is 1.71 bits per heavy atom. The van der Waals surface area contributed by atoms with Gasteiger partial charge in [0.2, 0.25) is 0 Å². The lowest BCUT2D eigenvalue weighted by molar-refractivity contribution is 0.377. The number of methoxy groups -OCH3 is 2. The number of halogens is 1. The first kappa shape index (κ1) is 15.6. The van der Waals surface area contributed by atoms with Gasteiger partial charge < -0.3 is 9.47 Å². The first-order chi connectivity index (χ1) is 10.1. The fraction of sp³-hybridized carbons (Fsp3) is 0.250. The van der Waals surface area contributed by atoms with E-state index in [4.69, 9.17) is 26.9 Å². The maximum absolute atomic E-state index is 6.37. The third-order valence-corrected chi connectivity index (χ3v) is 3.72. The Morgan fingerprint density at radius 1 is 1.10 bits per heavy atom. The number of nitrogens with one attached hydrogen (secondary N) is 1. The van der Waals surface area contributed by atoms with Crippen LogP contribution in [0.2, 0.25) is 5.02 Å². The van der Waals surface area contributed by atoms with Gasteiger partial charge in [0.25, 0.3) is 0 Å². The average molecular weight is 307 g/mol. The molecular formula is C16H19ClN2O2. The van der Waals surface area contributed by atoms with E-state index < -0.39 is 0 Å². The van der Waals surface area contributed by atoms with Crippen molar-refractivity contribution in [3.8, 4) is 11.5 Å². The molecule has 0 aliphatic heterocycles. The number of hydrazine groups is 1. The molecule has 1 unspecified atom stereocenters. The summed E-state index contributed by atoms with van der Waals surface area (Å²) in [6.07, 6.45) is 0. The van der Waals surface area contributed by atoms with Gasteiger partial charge in [-0.2, -0.15) is 0 Å². The SMILES string of the molecule is COc1cccc(OC)c1C(NN)c1ccc(C)cc1Cl. The number of hydrogen-bond acceptors (Lipinski definition) is 4. The van der Waals surface area contributed by atoms with Crippen molar-refractivity contribution < 1.29 is 9.47 Å². The monoisotopic (exact) mass is 306 g/mol. The number of benzene rings is 2. The van der Waals surface area contributed by atoms with Crippen molar-refractivity contribution in [2.45, 2.75) is 13.0 Å². The Morgan fingerprint density at radius 3 is 2.19 bits per heavy atom. The molecule has 1 atom stereocenters. The molecule has 0 radical (unpaired) electrons. The van der Waals surface area contributed by atoms with Crippen LogP contribution in [-0.4, -0.2) is 14.2 Å². The minimum Gasteiger partial charge on any atom is -0.496 e. The predicted molar refractivity (Wildman–Crippen MR) is 84.9 cm³/mol. The molecular weight excluding hydrogens is 288 g/mol. The van der Waals surface area contributed by atoms with Crippen molar-refractivity contribution in [2.24, 2.45) is 5.84 Å². The first-order valence-corrected chi connectivity index (χ1v) is 6.93. The summed E-state index contributed by atoms with van der Waals surface area (Å²) in [5.74, 6) is 7.15. The minimum atomic E-state index is -0.329. The lowest BCUT2D eigenvalue weighted by Gasteiger charge is -2.23. The zero-order valence-corrected chi connectivity index (χ0v) is 13.1. The van der Waals surface area contributed by atoms with Gasteiger partial charge in [0.15, 0.2) is 0 Å². The van der Waals surface area contributed by atoms with Crippen LogP contribution < -0.4 is 20.7 Å². The van der Waals surface area contributed by atoms with Gasteiger partial charge in [0, 0.05) is 5.02 Å². The van der Waals surface area contributed by atoms with E-state index in [0.29, 0.717) is 16.5 Å². The van der Waals surface area contributed by atoms with Crippen LogP contribution in [-0.2, 0) is 0 Å². The Bertz CT molecular complexity index is 609. The van der Waals surface area contributed by atoms with Gasteiger partial charge >= 0.3 is 0 Å². The second kappa shape index (κ2) is 6.80. The second-order valence-electron chi connectivity index (χ2n) is 4.70. The van der Waals surface area contributed by atoms with E-state index >= 15 is 0 Å². The average Bonchev–Trinajstić information content (AvgIpc) is 2.49. The number of rotatable bonds is 5. The van der Waals surface area contributed by atoms with Crippen molar-refractivity contribution >= 4 is 11.6 Å². The smallest absolute Gasteiger partial charge is 0.127 e. The van der Waals surface area contributed by atoms with Crippen LogP contribution in [0.3, 0.4) is 0 Å². The highest BCUT2D eigenvalue weighted by Gasteiger charge is 2.23. The molecule has 2 aromatic carbocycles. The summed E-state index contributed by atoms with van der Waals surface area (Å²) < 4.78 is 10.9. The van der Waals surface area contributed by atoms with Crippen molar-refractivity contribution in [1.29, 1.82) is 0 Å². The van der Waals surface area contributed by atoms with Crippen LogP contribution in [0.15, 0.2) is 36.4 Å². The van der Waals surface area contributed by atoms with E-state index in [1.165, 1.54) is 0 Å². The van der Waals surface area contributed by atoms with Crippen LogP contribution in [0.25, 0.3) is 0 Å². The van der Waals surface area contributed by atoms with E-state index in [1.807, 2.05) is 43.3 Å². The van der Waals surface area contributed by atoms with E-state index in [-0.39, 0.29) is 6.04 Å². The molecule has 21 heavy (non-hydrogen) atoms. The number of hydrogen-bond donors (Lipinski definition) is 2. The van der Waals surface area contributed by atoms with Gasteiger partial charge in [0.05, 0.1) is 25.8 Å². The minimum absolute atomic E-state index is 0.329. The molecule has 0 spiro atoms. The Kier molecular flexibility index (Phi) is 5.07. The molecule has 2 rings (SSSR count). The van der Waals surface area contributed by atoms with Gasteiger partial charge in [-0.3, -0.25) is 5.84 Å². The first-order valence-electron chi connectivity index (χ1n) is 6.55. The van der Waals surface area contributed by atoms with Crippen molar-refractivity contribution in [1.82, 2.24) is 5.43 Å². The Hall–Kier alpha value is -1.75. The molecule has 4 nitrogen and oxygen atoms in total. The van der Waals surface area contributed by atoms with Crippen LogP contribution in [0.5, 0.6) is 11.5 Å². The van der Waals surface area contributed by atoms with Crippen LogP contribution in [0.1, 0.15) is 22.7 Å². The Balaban J connectivity index is 2.61. The van der Waals surface area contributed by atoms with E-state index in [2.05, 4.69) is 5.43 Å². The maximum atomic E-state index is 6.37. The van der Waals surface area contributed by atoms with E-state index in [9.17, 15) is 0 Å². The summed E-state index contributed by atoms with van der Waals surface area (Å²) in [7, 11) is 3.23. The lowest BCUT2D eigenvalue weighted by atomic mass is 9.96. The largest absolute Gasteiger partial charge is 0.496 e. The van der Waals surface area contributed by atoms with E-state index in [1.54, 1.807) is 14.2 Å². The highest BCUT2D eigenvalue weighted by Crippen LogP contribution is 2.39. The summed E-state index contributed by atoms with van der Waals surface area (Å²) in [6, 6.07) is 11.1. The molecule has 5 heteroatoms. The molecule has 0 heterocycles. The fourth-order valence-corrected chi connectivity index (χ4v) is 2.70. The van der Waals surface area contributed by atoms with Gasteiger partial charge in [-0.15, -0.1) is 0 Å². The molecule has 0 aliphatic carbocycles. The normalized spacial score (nSPS) is 12.0. The van der Waals surface area contributed by atoms with Crippen molar-refractivity contribution in [2.75, 3.05) is 14.2 Å². The predicted octanol–water partition coefficient (Wildman–Crippen LogP) is 3.22. The summed E-state index contributed by atoms with van der Waals surface area (Å²) in [5.41, 5.74) is 5.57. The van der Waals surface area contributed by atoms with Crippen LogP contribution in [0, 0.1) is 6.92 Å². The van der Waals surface area contributed by atoms with Crippen LogP contribution >= 0.6 is 11.6 Å². The molecule has 0 amide bonds. The van der Waals surface area contributed by atoms with Gasteiger partial charge in [0.1, 0.15) is 11.5 Å². The van der Waals surface area contributed by atoms with Crippen molar-refractivity contribution in [3.05, 3.63) is 58.1 Å². The molecule has 112 valence electrons. The highest BCUT2D eigenvalue weighted by molar-refractivity contribution is 6.31. The Labute approximate surface area is 129 Å².